The number of benzene rings is 2. The monoisotopic (exact) mass is 464 g/mol. The average molecular weight is 465 g/mol. The van der Waals surface area contributed by atoms with E-state index in [1.165, 1.54) is 0 Å². The molecular weight excluding hydrogens is 436 g/mol. The molecule has 0 radical (unpaired) electrons. The molecule has 0 amide bonds. The fourth-order valence-corrected chi connectivity index (χ4v) is 6.06. The van der Waals surface area contributed by atoms with Gasteiger partial charge in [0.25, 0.3) is 10.1 Å². The zero-order valence-corrected chi connectivity index (χ0v) is 19.5. The number of thioether (sulfide) groups is 1. The molecule has 2 heterocycles. The van der Waals surface area contributed by atoms with Crippen LogP contribution in [-0.2, 0) is 28.5 Å². The van der Waals surface area contributed by atoms with E-state index in [0.29, 0.717) is 6.61 Å². The van der Waals surface area contributed by atoms with Gasteiger partial charge in [-0.3, -0.25) is 4.18 Å². The van der Waals surface area contributed by atoms with Crippen molar-refractivity contribution in [3.8, 4) is 0 Å². The van der Waals surface area contributed by atoms with Crippen LogP contribution in [0.4, 0.5) is 0 Å². The summed E-state index contributed by atoms with van der Waals surface area (Å²) in [5, 5.41) is 0. The molecule has 0 bridgehead atoms. The highest BCUT2D eigenvalue weighted by Gasteiger charge is 2.50. The lowest BCUT2D eigenvalue weighted by molar-refractivity contribution is -0.307. The van der Waals surface area contributed by atoms with Crippen molar-refractivity contribution in [1.29, 1.82) is 0 Å². The van der Waals surface area contributed by atoms with Crippen LogP contribution in [0.3, 0.4) is 0 Å². The van der Waals surface area contributed by atoms with E-state index in [0.717, 1.165) is 16.9 Å². The van der Waals surface area contributed by atoms with E-state index >= 15 is 0 Å². The van der Waals surface area contributed by atoms with Crippen LogP contribution in [0.25, 0.3) is 0 Å². The Hall–Kier alpha value is -1.42. The summed E-state index contributed by atoms with van der Waals surface area (Å²) >= 11 is 1.63. The third-order valence-electron chi connectivity index (χ3n) is 5.59. The Bertz CT molecular complexity index is 963. The molecule has 2 aliphatic heterocycles. The molecule has 2 fully saturated rings. The van der Waals surface area contributed by atoms with Gasteiger partial charge in [-0.15, -0.1) is 11.8 Å². The SMILES string of the molecule is CCS[C@@H]1OC2COC(c3ccccc3)O[C@H]2[C@H](OS(=O)(=O)c2ccc(C)cc2)C1C. The number of aryl methyl sites for hydroxylation is 1. The molecule has 0 saturated carbocycles. The molecule has 8 heteroatoms. The Morgan fingerprint density at radius 1 is 1.06 bits per heavy atom. The fourth-order valence-electron chi connectivity index (χ4n) is 3.89. The van der Waals surface area contributed by atoms with Crippen molar-refractivity contribution in [1.82, 2.24) is 0 Å². The van der Waals surface area contributed by atoms with Gasteiger partial charge < -0.3 is 14.2 Å². The van der Waals surface area contributed by atoms with Gasteiger partial charge in [0.1, 0.15) is 23.7 Å². The summed E-state index contributed by atoms with van der Waals surface area (Å²) in [6, 6.07) is 16.3. The van der Waals surface area contributed by atoms with Crippen molar-refractivity contribution in [2.24, 2.45) is 5.92 Å². The Balaban J connectivity index is 1.61. The van der Waals surface area contributed by atoms with E-state index in [1.54, 1.807) is 36.0 Å². The van der Waals surface area contributed by atoms with Crippen molar-refractivity contribution in [3.63, 3.8) is 0 Å². The molecule has 0 N–H and O–H groups in total. The normalized spacial score (nSPS) is 31.2. The van der Waals surface area contributed by atoms with Crippen LogP contribution in [0.2, 0.25) is 0 Å². The highest BCUT2D eigenvalue weighted by atomic mass is 32.2. The molecule has 4 rings (SSSR count). The van der Waals surface area contributed by atoms with Gasteiger partial charge in [0, 0.05) is 11.5 Å². The maximum atomic E-state index is 13.1. The lowest BCUT2D eigenvalue weighted by Crippen LogP contribution is -2.59. The molecular formula is C23H28O6S2. The second-order valence-corrected chi connectivity index (χ2v) is 10.8. The summed E-state index contributed by atoms with van der Waals surface area (Å²) < 4.78 is 50.4. The lowest BCUT2D eigenvalue weighted by Gasteiger charge is -2.48. The highest BCUT2D eigenvalue weighted by Crippen LogP contribution is 2.41. The molecule has 31 heavy (non-hydrogen) atoms. The van der Waals surface area contributed by atoms with E-state index in [4.69, 9.17) is 18.4 Å². The van der Waals surface area contributed by atoms with Gasteiger partial charge in [0.2, 0.25) is 0 Å². The molecule has 6 nitrogen and oxygen atoms in total. The molecule has 6 atom stereocenters. The van der Waals surface area contributed by atoms with Crippen molar-refractivity contribution >= 4 is 21.9 Å². The lowest BCUT2D eigenvalue weighted by atomic mass is 9.93. The topological polar surface area (TPSA) is 71.1 Å². The first-order valence-corrected chi connectivity index (χ1v) is 12.9. The minimum absolute atomic E-state index is 0.139. The van der Waals surface area contributed by atoms with Crippen LogP contribution < -0.4 is 0 Å². The van der Waals surface area contributed by atoms with Crippen molar-refractivity contribution < 1.29 is 26.8 Å². The van der Waals surface area contributed by atoms with Gasteiger partial charge in [-0.25, -0.2) is 0 Å². The molecule has 2 saturated heterocycles. The van der Waals surface area contributed by atoms with Crippen molar-refractivity contribution in [3.05, 3.63) is 65.7 Å². The molecule has 0 spiro atoms. The van der Waals surface area contributed by atoms with Crippen LogP contribution in [0.1, 0.15) is 31.3 Å². The first-order valence-electron chi connectivity index (χ1n) is 10.5. The van der Waals surface area contributed by atoms with Gasteiger partial charge in [-0.2, -0.15) is 8.42 Å². The van der Waals surface area contributed by atoms with Crippen LogP contribution in [0.15, 0.2) is 59.5 Å². The average Bonchev–Trinajstić information content (AvgIpc) is 2.77. The molecule has 0 aliphatic carbocycles. The predicted molar refractivity (Wildman–Crippen MR) is 119 cm³/mol. The number of hydrogen-bond acceptors (Lipinski definition) is 7. The summed E-state index contributed by atoms with van der Waals surface area (Å²) in [6.45, 7) is 6.22. The van der Waals surface area contributed by atoms with Crippen LogP contribution in [0, 0.1) is 12.8 Å². The van der Waals surface area contributed by atoms with Crippen LogP contribution >= 0.6 is 11.8 Å². The summed E-state index contributed by atoms with van der Waals surface area (Å²) in [6.07, 6.45) is -2.26. The standard InChI is InChI=1S/C23H28O6S2/c1-4-30-23-16(3)20(29-31(24,25)18-12-10-15(2)11-13-18)21-19(27-23)14-26-22(28-21)17-8-6-5-7-9-17/h5-13,16,19-23H,4,14H2,1-3H3/t16?,19?,20-,21-,22?,23+/m1/s1. The second-order valence-electron chi connectivity index (χ2n) is 7.86. The maximum absolute atomic E-state index is 13.1. The summed E-state index contributed by atoms with van der Waals surface area (Å²) in [5.41, 5.74) is 1.65. The summed E-state index contributed by atoms with van der Waals surface area (Å²) in [7, 11) is -3.97. The van der Waals surface area contributed by atoms with Gasteiger partial charge in [0.15, 0.2) is 6.29 Å². The summed E-state index contributed by atoms with van der Waals surface area (Å²) in [4.78, 5) is 0.139. The smallest absolute Gasteiger partial charge is 0.297 e. The first kappa shape index (κ1) is 22.8. The molecule has 168 valence electrons. The maximum Gasteiger partial charge on any atom is 0.297 e. The predicted octanol–water partition coefficient (Wildman–Crippen LogP) is 4.30. The van der Waals surface area contributed by atoms with Gasteiger partial charge in [0.05, 0.1) is 11.5 Å². The van der Waals surface area contributed by atoms with Crippen LogP contribution in [-0.4, -0.2) is 44.5 Å². The van der Waals surface area contributed by atoms with Gasteiger partial charge >= 0.3 is 0 Å². The number of hydrogen-bond donors (Lipinski definition) is 0. The Morgan fingerprint density at radius 3 is 2.45 bits per heavy atom. The van der Waals surface area contributed by atoms with E-state index in [2.05, 4.69) is 0 Å². The van der Waals surface area contributed by atoms with Crippen LogP contribution in [0.5, 0.6) is 0 Å². The Morgan fingerprint density at radius 2 is 1.77 bits per heavy atom. The Labute approximate surface area is 188 Å². The third kappa shape index (κ3) is 4.99. The van der Waals surface area contributed by atoms with E-state index in [9.17, 15) is 8.42 Å². The third-order valence-corrected chi connectivity index (χ3v) is 8.12. The van der Waals surface area contributed by atoms with Crippen molar-refractivity contribution in [2.45, 2.75) is 55.7 Å². The molecule has 2 aromatic carbocycles. The summed E-state index contributed by atoms with van der Waals surface area (Å²) in [5.74, 6) is 0.652. The zero-order valence-electron chi connectivity index (χ0n) is 17.8. The molecule has 2 aromatic rings. The molecule has 3 unspecified atom stereocenters. The molecule has 0 aromatic heterocycles. The zero-order chi connectivity index (χ0) is 22.0. The number of rotatable bonds is 6. The number of fused-ring (bicyclic) bond motifs is 1. The fraction of sp³-hybridized carbons (Fsp3) is 0.478. The van der Waals surface area contributed by atoms with Gasteiger partial charge in [-0.05, 0) is 24.8 Å². The quantitative estimate of drug-likeness (QED) is 0.591. The Kier molecular flexibility index (Phi) is 7.05. The first-order chi connectivity index (χ1) is 14.9. The molecule has 2 aliphatic rings. The van der Waals surface area contributed by atoms with E-state index < -0.39 is 34.7 Å². The minimum Gasteiger partial charge on any atom is -0.359 e. The van der Waals surface area contributed by atoms with Crippen molar-refractivity contribution in [2.75, 3.05) is 12.4 Å². The van der Waals surface area contributed by atoms with E-state index in [1.807, 2.05) is 51.1 Å². The van der Waals surface area contributed by atoms with E-state index in [-0.39, 0.29) is 16.2 Å². The largest absolute Gasteiger partial charge is 0.359 e. The van der Waals surface area contributed by atoms with Gasteiger partial charge in [-0.1, -0.05) is 61.9 Å². The highest BCUT2D eigenvalue weighted by molar-refractivity contribution is 7.99. The second kappa shape index (κ2) is 9.60. The minimum atomic E-state index is -3.97. The number of ether oxygens (including phenoxy) is 3.